The van der Waals surface area contributed by atoms with E-state index in [1.54, 1.807) is 36.3 Å². The molecular weight excluding hydrogens is 513 g/mol. The van der Waals surface area contributed by atoms with Crippen molar-refractivity contribution < 1.29 is 31.9 Å². The lowest BCUT2D eigenvalue weighted by Crippen LogP contribution is -2.48. The molecule has 8 nitrogen and oxygen atoms in total. The number of carbonyl (C=O) groups is 2. The fraction of sp³-hybridized carbons (Fsp3) is 0.214. The van der Waals surface area contributed by atoms with Crippen molar-refractivity contribution in [2.75, 3.05) is 48.8 Å². The van der Waals surface area contributed by atoms with Crippen LogP contribution in [0.3, 0.4) is 0 Å². The summed E-state index contributed by atoms with van der Waals surface area (Å²) in [5.74, 6) is 0.239. The number of piperazine rings is 1. The average molecular weight is 539 g/mol. The topological polar surface area (TPSA) is 87.1 Å². The molecule has 0 atom stereocenters. The van der Waals surface area contributed by atoms with E-state index in [-0.39, 0.29) is 11.4 Å². The van der Waals surface area contributed by atoms with Crippen LogP contribution in [0.4, 0.5) is 35.0 Å². The Kier molecular flexibility index (Phi) is 7.05. The number of nitrogens with zero attached hydrogens (tertiary/aromatic N) is 2. The van der Waals surface area contributed by atoms with Gasteiger partial charge in [0.1, 0.15) is 17.0 Å². The van der Waals surface area contributed by atoms with Crippen molar-refractivity contribution in [2.45, 2.75) is 6.18 Å². The Labute approximate surface area is 221 Å². The maximum Gasteiger partial charge on any atom is 0.418 e. The van der Waals surface area contributed by atoms with Gasteiger partial charge < -0.3 is 29.6 Å². The first-order valence-electron chi connectivity index (χ1n) is 12.2. The van der Waals surface area contributed by atoms with Crippen LogP contribution in [0.5, 0.6) is 5.75 Å². The third kappa shape index (κ3) is 5.47. The van der Waals surface area contributed by atoms with Gasteiger partial charge in [0.25, 0.3) is 5.91 Å². The number of carbonyl (C=O) groups excluding carboxylic acids is 2. The number of urea groups is 1. The number of nitrogens with one attached hydrogen (secondary N) is 2. The summed E-state index contributed by atoms with van der Waals surface area (Å²) in [6, 6.07) is 18.1. The molecule has 1 saturated heterocycles. The lowest BCUT2D eigenvalue weighted by Gasteiger charge is -2.35. The van der Waals surface area contributed by atoms with E-state index in [1.807, 2.05) is 24.3 Å². The van der Waals surface area contributed by atoms with Gasteiger partial charge >= 0.3 is 12.2 Å². The minimum absolute atomic E-state index is 0.0895. The van der Waals surface area contributed by atoms with Crippen LogP contribution in [0.15, 0.2) is 77.2 Å². The van der Waals surface area contributed by atoms with Crippen molar-refractivity contribution in [3.05, 3.63) is 84.1 Å². The fourth-order valence-electron chi connectivity index (χ4n) is 4.53. The number of alkyl halides is 3. The molecule has 1 fully saturated rings. The summed E-state index contributed by atoms with van der Waals surface area (Å²) in [5, 5.41) is 5.25. The van der Waals surface area contributed by atoms with Gasteiger partial charge in [0.2, 0.25) is 5.76 Å². The summed E-state index contributed by atoms with van der Waals surface area (Å²) in [6.45, 7) is 1.98. The zero-order chi connectivity index (χ0) is 27.6. The molecule has 202 valence electrons. The van der Waals surface area contributed by atoms with Crippen molar-refractivity contribution >= 4 is 40.0 Å². The predicted octanol–water partition coefficient (Wildman–Crippen LogP) is 6.07. The Hall–Kier alpha value is -4.67. The molecule has 3 aromatic carbocycles. The molecule has 3 amide bonds. The summed E-state index contributed by atoms with van der Waals surface area (Å²) in [5.41, 5.74) is 0.0738. The van der Waals surface area contributed by atoms with Crippen molar-refractivity contribution in [1.82, 2.24) is 4.90 Å². The number of anilines is 3. The molecule has 0 radical (unpaired) electrons. The Morgan fingerprint density at radius 2 is 1.54 bits per heavy atom. The van der Waals surface area contributed by atoms with E-state index in [1.165, 1.54) is 12.1 Å². The minimum atomic E-state index is -4.65. The van der Waals surface area contributed by atoms with Gasteiger partial charge in [-0.2, -0.15) is 13.2 Å². The molecule has 0 spiro atoms. The van der Waals surface area contributed by atoms with Gasteiger partial charge in [0.15, 0.2) is 0 Å². The number of benzene rings is 3. The first-order valence-corrected chi connectivity index (χ1v) is 12.2. The molecule has 2 heterocycles. The van der Waals surface area contributed by atoms with Crippen molar-refractivity contribution in [3.63, 3.8) is 0 Å². The average Bonchev–Trinajstić information content (AvgIpc) is 3.30. The second-order valence-electron chi connectivity index (χ2n) is 8.90. The van der Waals surface area contributed by atoms with Crippen molar-refractivity contribution in [3.8, 4) is 5.75 Å². The molecule has 39 heavy (non-hydrogen) atoms. The quantitative estimate of drug-likeness (QED) is 0.322. The monoisotopic (exact) mass is 538 g/mol. The van der Waals surface area contributed by atoms with Gasteiger partial charge in [-0.1, -0.05) is 24.3 Å². The zero-order valence-electron chi connectivity index (χ0n) is 20.9. The Bertz CT molecular complexity index is 1490. The van der Waals surface area contributed by atoms with E-state index in [2.05, 4.69) is 15.5 Å². The molecule has 0 unspecified atom stereocenters. The number of methoxy groups -OCH3 is 1. The summed E-state index contributed by atoms with van der Waals surface area (Å²) < 4.78 is 51.2. The summed E-state index contributed by atoms with van der Waals surface area (Å²) >= 11 is 0. The van der Waals surface area contributed by atoms with E-state index in [9.17, 15) is 22.8 Å². The van der Waals surface area contributed by atoms with Gasteiger partial charge in [-0.3, -0.25) is 4.79 Å². The molecule has 1 aliphatic rings. The van der Waals surface area contributed by atoms with Gasteiger partial charge in [-0.15, -0.1) is 0 Å². The Morgan fingerprint density at radius 3 is 2.23 bits per heavy atom. The molecule has 11 heteroatoms. The number of furan rings is 1. The number of hydrogen-bond donors (Lipinski definition) is 2. The maximum atomic E-state index is 13.5. The third-order valence-corrected chi connectivity index (χ3v) is 6.51. The van der Waals surface area contributed by atoms with Gasteiger partial charge in [0, 0.05) is 37.3 Å². The highest BCUT2D eigenvalue weighted by Gasteiger charge is 2.34. The molecule has 0 bridgehead atoms. The number of ether oxygens (including phenoxy) is 1. The highest BCUT2D eigenvalue weighted by molar-refractivity contribution is 6.12. The Balaban J connectivity index is 1.34. The van der Waals surface area contributed by atoms with Crippen LogP contribution in [0.25, 0.3) is 11.0 Å². The molecular formula is C28H25F3N4O4. The van der Waals surface area contributed by atoms with E-state index in [0.717, 1.165) is 23.6 Å². The molecule has 2 N–H and O–H groups in total. The van der Waals surface area contributed by atoms with Crippen LogP contribution < -0.4 is 20.3 Å². The molecule has 0 saturated carbocycles. The number of fused-ring (bicyclic) bond motifs is 1. The molecule has 1 aromatic heterocycles. The van der Waals surface area contributed by atoms with E-state index in [0.29, 0.717) is 37.1 Å². The molecule has 1 aliphatic heterocycles. The summed E-state index contributed by atoms with van der Waals surface area (Å²) in [7, 11) is 1.60. The second-order valence-corrected chi connectivity index (χ2v) is 8.90. The normalized spacial score (nSPS) is 13.8. The standard InChI is InChI=1S/C28H25F3N4O4/c1-38-19-12-10-18(11-13-19)34-14-16-35(17-15-34)26(36)25-24(20-6-2-5-9-23(20)39-25)33-27(37)32-22-8-4-3-7-21(22)28(29,30)31/h2-13H,14-17H2,1H3,(H2,32,33,37). The minimum Gasteiger partial charge on any atom is -0.497 e. The fourth-order valence-corrected chi connectivity index (χ4v) is 4.53. The van der Waals surface area contributed by atoms with Crippen LogP contribution in [-0.4, -0.2) is 50.1 Å². The largest absolute Gasteiger partial charge is 0.497 e. The van der Waals surface area contributed by atoms with Crippen LogP contribution in [0.1, 0.15) is 16.1 Å². The van der Waals surface area contributed by atoms with Crippen LogP contribution in [-0.2, 0) is 6.18 Å². The molecule has 5 rings (SSSR count). The lowest BCUT2D eigenvalue weighted by molar-refractivity contribution is -0.136. The number of halogens is 3. The highest BCUT2D eigenvalue weighted by atomic mass is 19.4. The highest BCUT2D eigenvalue weighted by Crippen LogP contribution is 2.36. The summed E-state index contributed by atoms with van der Waals surface area (Å²) in [6.07, 6.45) is -4.65. The number of para-hydroxylation sites is 2. The lowest BCUT2D eigenvalue weighted by atomic mass is 10.1. The predicted molar refractivity (Wildman–Crippen MR) is 141 cm³/mol. The zero-order valence-corrected chi connectivity index (χ0v) is 20.9. The van der Waals surface area contributed by atoms with Crippen LogP contribution in [0.2, 0.25) is 0 Å². The van der Waals surface area contributed by atoms with E-state index in [4.69, 9.17) is 9.15 Å². The van der Waals surface area contributed by atoms with Crippen LogP contribution >= 0.6 is 0 Å². The van der Waals surface area contributed by atoms with Gasteiger partial charge in [-0.25, -0.2) is 4.79 Å². The second kappa shape index (κ2) is 10.6. The van der Waals surface area contributed by atoms with E-state index < -0.39 is 29.4 Å². The molecule has 4 aromatic rings. The van der Waals surface area contributed by atoms with E-state index >= 15 is 0 Å². The van der Waals surface area contributed by atoms with Gasteiger partial charge in [-0.05, 0) is 48.5 Å². The van der Waals surface area contributed by atoms with Crippen molar-refractivity contribution in [2.24, 2.45) is 0 Å². The first kappa shape index (κ1) is 26.0. The first-order chi connectivity index (χ1) is 18.7. The SMILES string of the molecule is COc1ccc(N2CCN(C(=O)c3oc4ccccc4c3NC(=O)Nc3ccccc3C(F)(F)F)CC2)cc1. The van der Waals surface area contributed by atoms with Crippen molar-refractivity contribution in [1.29, 1.82) is 0 Å². The number of amides is 3. The third-order valence-electron chi connectivity index (χ3n) is 6.51. The Morgan fingerprint density at radius 1 is 0.872 bits per heavy atom. The number of hydrogen-bond acceptors (Lipinski definition) is 5. The molecule has 0 aliphatic carbocycles. The summed E-state index contributed by atoms with van der Waals surface area (Å²) in [4.78, 5) is 30.1. The smallest absolute Gasteiger partial charge is 0.418 e. The van der Waals surface area contributed by atoms with Crippen LogP contribution in [0, 0.1) is 0 Å². The number of rotatable bonds is 5. The van der Waals surface area contributed by atoms with Gasteiger partial charge in [0.05, 0.1) is 18.4 Å². The maximum absolute atomic E-state index is 13.5.